The highest BCUT2D eigenvalue weighted by molar-refractivity contribution is 6.07. The first kappa shape index (κ1) is 20.0. The Balaban J connectivity index is 1.88. The van der Waals surface area contributed by atoms with Gasteiger partial charge in [-0.3, -0.25) is 0 Å². The SMILES string of the molecule is CCCCCCc1ccc2c(oc3c(C)c(CCCCCC)ccc32)c1C. The monoisotopic (exact) mass is 364 g/mol. The summed E-state index contributed by atoms with van der Waals surface area (Å²) in [5.74, 6) is 0. The highest BCUT2D eigenvalue weighted by atomic mass is 16.3. The van der Waals surface area contributed by atoms with Gasteiger partial charge in [-0.2, -0.15) is 0 Å². The number of hydrogen-bond acceptors (Lipinski definition) is 1. The van der Waals surface area contributed by atoms with Gasteiger partial charge in [0.05, 0.1) is 0 Å². The molecule has 0 N–H and O–H groups in total. The van der Waals surface area contributed by atoms with Crippen LogP contribution in [-0.4, -0.2) is 0 Å². The molecule has 0 aliphatic rings. The van der Waals surface area contributed by atoms with Gasteiger partial charge in [-0.15, -0.1) is 0 Å². The topological polar surface area (TPSA) is 13.1 Å². The summed E-state index contributed by atoms with van der Waals surface area (Å²) in [6.45, 7) is 9.01. The molecule has 27 heavy (non-hydrogen) atoms. The van der Waals surface area contributed by atoms with Gasteiger partial charge in [-0.05, 0) is 61.8 Å². The maximum atomic E-state index is 6.45. The lowest BCUT2D eigenvalue weighted by molar-refractivity contribution is 0.649. The van der Waals surface area contributed by atoms with Crippen molar-refractivity contribution in [3.8, 4) is 0 Å². The van der Waals surface area contributed by atoms with Crippen LogP contribution in [0.2, 0.25) is 0 Å². The number of rotatable bonds is 10. The average Bonchev–Trinajstić information content (AvgIpc) is 3.06. The summed E-state index contributed by atoms with van der Waals surface area (Å²) in [4.78, 5) is 0. The first-order valence-electron chi connectivity index (χ1n) is 11.1. The molecule has 1 nitrogen and oxygen atoms in total. The van der Waals surface area contributed by atoms with Crippen LogP contribution in [0.4, 0.5) is 0 Å². The standard InChI is InChI=1S/C26H36O/c1-5-7-9-11-13-21-15-17-23-24-18-16-22(14-12-10-8-6-2)20(4)26(24)27-25(23)19(21)3/h15-18H,5-14H2,1-4H3. The average molecular weight is 365 g/mol. The van der Waals surface area contributed by atoms with Crippen LogP contribution in [0, 0.1) is 13.8 Å². The molecule has 0 amide bonds. The number of hydrogen-bond donors (Lipinski definition) is 0. The van der Waals surface area contributed by atoms with E-state index in [9.17, 15) is 0 Å². The van der Waals surface area contributed by atoms with E-state index in [1.807, 2.05) is 0 Å². The number of benzene rings is 2. The van der Waals surface area contributed by atoms with E-state index in [1.165, 1.54) is 97.2 Å². The number of furan rings is 1. The summed E-state index contributed by atoms with van der Waals surface area (Å²) in [6.07, 6.45) is 12.8. The predicted octanol–water partition coefficient (Wildman–Crippen LogP) is 8.45. The van der Waals surface area contributed by atoms with E-state index in [0.29, 0.717) is 0 Å². The first-order chi connectivity index (χ1) is 13.2. The second-order valence-electron chi connectivity index (χ2n) is 8.18. The van der Waals surface area contributed by atoms with Gasteiger partial charge in [-0.1, -0.05) is 76.6 Å². The van der Waals surface area contributed by atoms with Gasteiger partial charge < -0.3 is 4.42 Å². The molecule has 0 radical (unpaired) electrons. The molecule has 1 aromatic heterocycles. The Labute approximate surface area is 165 Å². The molecule has 0 fully saturated rings. The van der Waals surface area contributed by atoms with Crippen LogP contribution in [0.3, 0.4) is 0 Å². The van der Waals surface area contributed by atoms with Gasteiger partial charge in [0, 0.05) is 10.8 Å². The second-order valence-corrected chi connectivity index (χ2v) is 8.18. The highest BCUT2D eigenvalue weighted by Gasteiger charge is 2.15. The third kappa shape index (κ3) is 4.39. The van der Waals surface area contributed by atoms with Gasteiger partial charge in [-0.25, -0.2) is 0 Å². The Bertz CT molecular complexity index is 812. The van der Waals surface area contributed by atoms with Gasteiger partial charge >= 0.3 is 0 Å². The lowest BCUT2D eigenvalue weighted by Gasteiger charge is -2.06. The largest absolute Gasteiger partial charge is 0.455 e. The van der Waals surface area contributed by atoms with Crippen molar-refractivity contribution in [3.63, 3.8) is 0 Å². The number of unbranched alkanes of at least 4 members (excludes halogenated alkanes) is 6. The Morgan fingerprint density at radius 2 is 1.04 bits per heavy atom. The van der Waals surface area contributed by atoms with Gasteiger partial charge in [0.15, 0.2) is 0 Å². The summed E-state index contributed by atoms with van der Waals surface area (Å²) in [6, 6.07) is 9.21. The van der Waals surface area contributed by atoms with Crippen LogP contribution in [0.25, 0.3) is 21.9 Å². The molecule has 1 heterocycles. The Morgan fingerprint density at radius 1 is 0.593 bits per heavy atom. The molecule has 0 aliphatic carbocycles. The lowest BCUT2D eigenvalue weighted by Crippen LogP contribution is -1.90. The smallest absolute Gasteiger partial charge is 0.138 e. The van der Waals surface area contributed by atoms with E-state index in [2.05, 4.69) is 52.0 Å². The molecule has 0 saturated carbocycles. The predicted molar refractivity (Wildman–Crippen MR) is 119 cm³/mol. The molecule has 146 valence electrons. The van der Waals surface area contributed by atoms with Crippen molar-refractivity contribution >= 4 is 21.9 Å². The molecule has 0 unspecified atom stereocenters. The van der Waals surface area contributed by atoms with Gasteiger partial charge in [0.25, 0.3) is 0 Å². The zero-order chi connectivity index (χ0) is 19.2. The van der Waals surface area contributed by atoms with E-state index in [-0.39, 0.29) is 0 Å². The van der Waals surface area contributed by atoms with E-state index >= 15 is 0 Å². The number of fused-ring (bicyclic) bond motifs is 3. The molecule has 0 atom stereocenters. The normalized spacial score (nSPS) is 11.7. The minimum atomic E-state index is 1.10. The van der Waals surface area contributed by atoms with E-state index < -0.39 is 0 Å². The van der Waals surface area contributed by atoms with E-state index in [4.69, 9.17) is 4.42 Å². The maximum absolute atomic E-state index is 6.45. The summed E-state index contributed by atoms with van der Waals surface area (Å²) < 4.78 is 6.45. The molecule has 0 spiro atoms. The molecule has 2 aromatic carbocycles. The maximum Gasteiger partial charge on any atom is 0.138 e. The van der Waals surface area contributed by atoms with Gasteiger partial charge in [0.1, 0.15) is 11.2 Å². The van der Waals surface area contributed by atoms with Crippen molar-refractivity contribution in [2.24, 2.45) is 0 Å². The molecule has 3 rings (SSSR count). The van der Waals surface area contributed by atoms with E-state index in [1.54, 1.807) is 0 Å². The van der Waals surface area contributed by atoms with Crippen LogP contribution in [0.1, 0.15) is 87.5 Å². The minimum Gasteiger partial charge on any atom is -0.455 e. The molecular formula is C26H36O. The molecule has 0 bridgehead atoms. The van der Waals surface area contributed by atoms with E-state index in [0.717, 1.165) is 11.2 Å². The quantitative estimate of drug-likeness (QED) is 0.329. The van der Waals surface area contributed by atoms with Crippen molar-refractivity contribution in [1.29, 1.82) is 0 Å². The Morgan fingerprint density at radius 3 is 1.44 bits per heavy atom. The summed E-state index contributed by atoms with van der Waals surface area (Å²) >= 11 is 0. The molecular weight excluding hydrogens is 328 g/mol. The van der Waals surface area contributed by atoms with Crippen LogP contribution < -0.4 is 0 Å². The van der Waals surface area contributed by atoms with Crippen molar-refractivity contribution in [2.75, 3.05) is 0 Å². The minimum absolute atomic E-state index is 1.10. The fraction of sp³-hybridized carbons (Fsp3) is 0.538. The van der Waals surface area contributed by atoms with Crippen LogP contribution >= 0.6 is 0 Å². The number of aryl methyl sites for hydroxylation is 4. The molecule has 0 aliphatic heterocycles. The Kier molecular flexibility index (Phi) is 6.99. The van der Waals surface area contributed by atoms with Crippen molar-refractivity contribution in [2.45, 2.75) is 91.9 Å². The molecule has 3 aromatic rings. The van der Waals surface area contributed by atoms with Crippen molar-refractivity contribution in [3.05, 3.63) is 46.5 Å². The first-order valence-corrected chi connectivity index (χ1v) is 11.1. The zero-order valence-electron chi connectivity index (χ0n) is 17.8. The summed E-state index contributed by atoms with van der Waals surface area (Å²) in [7, 11) is 0. The summed E-state index contributed by atoms with van der Waals surface area (Å²) in [5.41, 5.74) is 7.78. The fourth-order valence-electron chi connectivity index (χ4n) is 4.28. The lowest BCUT2D eigenvalue weighted by atomic mass is 9.97. The van der Waals surface area contributed by atoms with Crippen LogP contribution in [0.5, 0.6) is 0 Å². The summed E-state index contributed by atoms with van der Waals surface area (Å²) in [5, 5.41) is 2.56. The Hall–Kier alpha value is -1.76. The van der Waals surface area contributed by atoms with Gasteiger partial charge in [0.2, 0.25) is 0 Å². The van der Waals surface area contributed by atoms with Crippen LogP contribution in [0.15, 0.2) is 28.7 Å². The fourth-order valence-corrected chi connectivity index (χ4v) is 4.28. The molecule has 1 heteroatoms. The third-order valence-electron chi connectivity index (χ3n) is 6.13. The second kappa shape index (κ2) is 9.44. The van der Waals surface area contributed by atoms with Crippen LogP contribution in [-0.2, 0) is 12.8 Å². The highest BCUT2D eigenvalue weighted by Crippen LogP contribution is 2.35. The van der Waals surface area contributed by atoms with Crippen molar-refractivity contribution < 1.29 is 4.42 Å². The van der Waals surface area contributed by atoms with Crippen molar-refractivity contribution in [1.82, 2.24) is 0 Å². The zero-order valence-corrected chi connectivity index (χ0v) is 17.8. The molecule has 0 saturated heterocycles. The third-order valence-corrected chi connectivity index (χ3v) is 6.13.